The average Bonchev–Trinajstić information content (AvgIpc) is 2.11. The maximum absolute atomic E-state index is 11.6. The van der Waals surface area contributed by atoms with Crippen LogP contribution in [-0.4, -0.2) is 30.4 Å². The maximum atomic E-state index is 11.6. The quantitative estimate of drug-likeness (QED) is 0.639. The summed E-state index contributed by atoms with van der Waals surface area (Å²) in [6.07, 6.45) is 0.181. The van der Waals surface area contributed by atoms with Crippen LogP contribution in [0.5, 0.6) is 0 Å². The van der Waals surface area contributed by atoms with Crippen LogP contribution in [0.1, 0.15) is 41.0 Å². The number of carbonyl (C=O) groups is 2. The highest BCUT2D eigenvalue weighted by Gasteiger charge is 2.20. The maximum Gasteiger partial charge on any atom is 0.407 e. The second kappa shape index (κ2) is 7.83. The summed E-state index contributed by atoms with van der Waals surface area (Å²) in [7, 11) is 0. The van der Waals surface area contributed by atoms with Crippen LogP contribution in [0.2, 0.25) is 0 Å². The van der Waals surface area contributed by atoms with Crippen LogP contribution in [0.4, 0.5) is 9.59 Å². The van der Waals surface area contributed by atoms with Crippen LogP contribution in [0, 0.1) is 5.92 Å². The number of amides is 3. The molecule has 1 atom stereocenters. The number of nitrogens with one attached hydrogen (secondary N) is 2. The number of hydroxylamine groups is 1. The molecule has 0 aliphatic carbocycles. The normalized spacial score (nSPS) is 12.9. The summed E-state index contributed by atoms with van der Waals surface area (Å²) in [5.74, 6) is 0.358. The predicted octanol–water partition coefficient (Wildman–Crippen LogP) is 1.53. The zero-order valence-corrected chi connectivity index (χ0v) is 12.3. The molecule has 0 radical (unpaired) electrons. The van der Waals surface area contributed by atoms with Gasteiger partial charge in [-0.15, -0.1) is 0 Å². The van der Waals surface area contributed by atoms with Gasteiger partial charge in [0.2, 0.25) is 0 Å². The Balaban J connectivity index is 4.26. The van der Waals surface area contributed by atoms with E-state index in [2.05, 4.69) is 5.32 Å². The van der Waals surface area contributed by atoms with Gasteiger partial charge in [0.1, 0.15) is 5.60 Å². The molecule has 0 saturated carbocycles. The first-order valence-electron chi connectivity index (χ1n) is 6.27. The minimum absolute atomic E-state index is 0.125. The number of hydrogen-bond acceptors (Lipinski definition) is 4. The Morgan fingerprint density at radius 2 is 1.84 bits per heavy atom. The van der Waals surface area contributed by atoms with Gasteiger partial charge in [-0.1, -0.05) is 13.8 Å². The van der Waals surface area contributed by atoms with Gasteiger partial charge in [-0.05, 0) is 33.1 Å². The molecule has 0 fully saturated rings. The van der Waals surface area contributed by atoms with E-state index in [1.807, 2.05) is 19.3 Å². The zero-order valence-electron chi connectivity index (χ0n) is 12.3. The second-order valence-corrected chi connectivity index (χ2v) is 5.75. The van der Waals surface area contributed by atoms with Crippen molar-refractivity contribution >= 4 is 12.1 Å². The number of carbonyl (C=O) groups excluding carboxylic acids is 2. The third-order valence-electron chi connectivity index (χ3n) is 1.93. The van der Waals surface area contributed by atoms with Crippen LogP contribution >= 0.6 is 0 Å². The summed E-state index contributed by atoms with van der Waals surface area (Å²) in [4.78, 5) is 27.0. The molecule has 112 valence electrons. The van der Waals surface area contributed by atoms with E-state index >= 15 is 0 Å². The molecule has 0 aliphatic heterocycles. The van der Waals surface area contributed by atoms with E-state index in [-0.39, 0.29) is 12.6 Å². The Morgan fingerprint density at radius 1 is 1.26 bits per heavy atom. The van der Waals surface area contributed by atoms with E-state index in [9.17, 15) is 9.59 Å². The van der Waals surface area contributed by atoms with Crippen LogP contribution in [0.15, 0.2) is 0 Å². The minimum Gasteiger partial charge on any atom is -0.444 e. The molecule has 19 heavy (non-hydrogen) atoms. The fourth-order valence-corrected chi connectivity index (χ4v) is 1.43. The Bertz CT molecular complexity index is 300. The van der Waals surface area contributed by atoms with Gasteiger partial charge >= 0.3 is 12.1 Å². The molecule has 0 rings (SSSR count). The second-order valence-electron chi connectivity index (χ2n) is 5.75. The molecule has 4 N–H and O–H groups in total. The van der Waals surface area contributed by atoms with Crippen molar-refractivity contribution in [3.63, 3.8) is 0 Å². The van der Waals surface area contributed by atoms with Crippen molar-refractivity contribution in [2.75, 3.05) is 6.61 Å². The van der Waals surface area contributed by atoms with Crippen molar-refractivity contribution < 1.29 is 19.2 Å². The highest BCUT2D eigenvalue weighted by atomic mass is 16.7. The van der Waals surface area contributed by atoms with Crippen LogP contribution in [-0.2, 0) is 9.57 Å². The fraction of sp³-hybridized carbons (Fsp3) is 0.833. The van der Waals surface area contributed by atoms with Gasteiger partial charge in [0, 0.05) is 0 Å². The third kappa shape index (κ3) is 11.3. The lowest BCUT2D eigenvalue weighted by molar-refractivity contribution is 0.0287. The van der Waals surface area contributed by atoms with Crippen molar-refractivity contribution in [2.24, 2.45) is 11.7 Å². The van der Waals surface area contributed by atoms with E-state index in [1.165, 1.54) is 0 Å². The molecule has 0 saturated heterocycles. The smallest absolute Gasteiger partial charge is 0.407 e. The zero-order chi connectivity index (χ0) is 15.1. The summed E-state index contributed by atoms with van der Waals surface area (Å²) in [6, 6.07) is -1.04. The molecular formula is C12H25N3O4. The Kier molecular flexibility index (Phi) is 7.21. The van der Waals surface area contributed by atoms with Gasteiger partial charge in [-0.2, -0.15) is 0 Å². The Labute approximate surface area is 114 Å². The molecule has 0 bridgehead atoms. The van der Waals surface area contributed by atoms with Gasteiger partial charge in [0.25, 0.3) is 0 Å². The highest BCUT2D eigenvalue weighted by molar-refractivity contribution is 5.70. The predicted molar refractivity (Wildman–Crippen MR) is 71.3 cm³/mol. The summed E-state index contributed by atoms with van der Waals surface area (Å²) in [5, 5.41) is 2.70. The molecule has 0 aromatic carbocycles. The van der Waals surface area contributed by atoms with Crippen molar-refractivity contribution in [1.29, 1.82) is 0 Å². The molecule has 0 aliphatic rings. The molecule has 0 spiro atoms. The van der Waals surface area contributed by atoms with Crippen molar-refractivity contribution in [1.82, 2.24) is 10.8 Å². The summed E-state index contributed by atoms with van der Waals surface area (Å²) in [5.41, 5.74) is 6.34. The molecule has 1 unspecified atom stereocenters. The largest absolute Gasteiger partial charge is 0.444 e. The molecule has 0 aromatic rings. The van der Waals surface area contributed by atoms with Gasteiger partial charge in [0.05, 0.1) is 12.6 Å². The number of ether oxygens (including phenoxy) is 1. The first kappa shape index (κ1) is 17.5. The lowest BCUT2D eigenvalue weighted by atomic mass is 10.0. The van der Waals surface area contributed by atoms with Crippen molar-refractivity contribution in [3.05, 3.63) is 0 Å². The molecule has 3 amide bonds. The van der Waals surface area contributed by atoms with E-state index in [4.69, 9.17) is 15.3 Å². The van der Waals surface area contributed by atoms with Crippen LogP contribution in [0.3, 0.4) is 0 Å². The van der Waals surface area contributed by atoms with Gasteiger partial charge in [0.15, 0.2) is 0 Å². The third-order valence-corrected chi connectivity index (χ3v) is 1.93. The van der Waals surface area contributed by atoms with Crippen molar-refractivity contribution in [2.45, 2.75) is 52.7 Å². The van der Waals surface area contributed by atoms with Gasteiger partial charge in [-0.3, -0.25) is 4.84 Å². The minimum atomic E-state index is -0.777. The Morgan fingerprint density at radius 3 is 2.26 bits per heavy atom. The van der Waals surface area contributed by atoms with Crippen LogP contribution in [0.25, 0.3) is 0 Å². The summed E-state index contributed by atoms with van der Waals surface area (Å²) >= 11 is 0. The first-order chi connectivity index (χ1) is 8.60. The van der Waals surface area contributed by atoms with E-state index in [0.29, 0.717) is 12.3 Å². The first-order valence-corrected chi connectivity index (χ1v) is 6.27. The standard InChI is InChI=1S/C12H25N3O4/c1-8(2)6-9(7-18-15-10(13)16)14-11(17)19-12(3,4)5/h8-9H,6-7H2,1-5H3,(H,14,17)(H3,13,15,16). The summed E-state index contributed by atoms with van der Waals surface area (Å²) in [6.45, 7) is 9.52. The number of rotatable bonds is 6. The van der Waals surface area contributed by atoms with Gasteiger partial charge in [-0.25, -0.2) is 15.1 Å². The van der Waals surface area contributed by atoms with Crippen molar-refractivity contribution in [3.8, 4) is 0 Å². The number of urea groups is 1. The van der Waals surface area contributed by atoms with E-state index < -0.39 is 17.7 Å². The van der Waals surface area contributed by atoms with Crippen LogP contribution < -0.4 is 16.5 Å². The molecular weight excluding hydrogens is 250 g/mol. The number of hydrogen-bond donors (Lipinski definition) is 3. The van der Waals surface area contributed by atoms with E-state index in [0.717, 1.165) is 0 Å². The fourth-order valence-electron chi connectivity index (χ4n) is 1.43. The highest BCUT2D eigenvalue weighted by Crippen LogP contribution is 2.09. The number of primary amides is 1. The monoisotopic (exact) mass is 275 g/mol. The van der Waals surface area contributed by atoms with Gasteiger partial charge < -0.3 is 15.8 Å². The topological polar surface area (TPSA) is 103 Å². The molecule has 7 nitrogen and oxygen atoms in total. The molecule has 7 heteroatoms. The SMILES string of the molecule is CC(C)CC(CONC(N)=O)NC(=O)OC(C)(C)C. The molecule has 0 aromatic heterocycles. The average molecular weight is 275 g/mol. The number of nitrogens with two attached hydrogens (primary N) is 1. The lowest BCUT2D eigenvalue weighted by Gasteiger charge is -2.24. The Hall–Kier alpha value is -1.50. The van der Waals surface area contributed by atoms with E-state index in [1.54, 1.807) is 20.8 Å². The molecule has 0 heterocycles. The number of alkyl carbamates (subject to hydrolysis) is 1. The summed E-state index contributed by atoms with van der Waals surface area (Å²) < 4.78 is 5.16. The lowest BCUT2D eigenvalue weighted by Crippen LogP contribution is -2.44.